The van der Waals surface area contributed by atoms with E-state index < -0.39 is 0 Å². The van der Waals surface area contributed by atoms with Crippen LogP contribution in [0.4, 0.5) is 10.5 Å². The van der Waals surface area contributed by atoms with Crippen molar-refractivity contribution in [3.05, 3.63) is 47.5 Å². The number of aryl methyl sites for hydroxylation is 1. The minimum absolute atomic E-state index is 0.0261. The molecule has 6 heteroatoms. The molecular weight excluding hydrogens is 320 g/mol. The van der Waals surface area contributed by atoms with Gasteiger partial charge in [-0.15, -0.1) is 0 Å². The summed E-state index contributed by atoms with van der Waals surface area (Å²) in [4.78, 5) is 12.4. The number of fused-ring (bicyclic) bond motifs is 1. The highest BCUT2D eigenvalue weighted by atomic mass is 16.5. The fourth-order valence-corrected chi connectivity index (χ4v) is 3.19. The average molecular weight is 342 g/mol. The van der Waals surface area contributed by atoms with E-state index in [0.29, 0.717) is 22.9 Å². The summed E-state index contributed by atoms with van der Waals surface area (Å²) >= 11 is 0. The lowest BCUT2D eigenvalue weighted by Crippen LogP contribution is -2.31. The molecule has 0 spiro atoms. The third-order valence-corrected chi connectivity index (χ3v) is 4.36. The Morgan fingerprint density at radius 3 is 2.36 bits per heavy atom. The molecule has 0 aromatic heterocycles. The highest BCUT2D eigenvalue weighted by molar-refractivity contribution is 5.90. The Kier molecular flexibility index (Phi) is 4.97. The third kappa shape index (κ3) is 3.47. The predicted octanol–water partition coefficient (Wildman–Crippen LogP) is 3.52. The number of anilines is 1. The summed E-state index contributed by atoms with van der Waals surface area (Å²) in [6.07, 6.45) is 1.88. The zero-order valence-corrected chi connectivity index (χ0v) is 14.6. The van der Waals surface area contributed by atoms with E-state index in [2.05, 4.69) is 22.8 Å². The minimum Gasteiger partial charge on any atom is -0.493 e. The van der Waals surface area contributed by atoms with E-state index in [4.69, 9.17) is 14.2 Å². The Labute approximate surface area is 147 Å². The van der Waals surface area contributed by atoms with Gasteiger partial charge in [-0.3, -0.25) is 0 Å². The number of hydrogen-bond acceptors (Lipinski definition) is 4. The minimum atomic E-state index is -0.268. The van der Waals surface area contributed by atoms with Gasteiger partial charge >= 0.3 is 6.03 Å². The number of carbonyl (C=O) groups excluding carboxylic acids is 1. The standard InChI is InChI=1S/C19H22N2O4/c1-23-16-10-13(11-17(24-2)18(16)25-3)20-19(22)21-15-9-8-12-6-4-5-7-14(12)15/h4-7,10-11,15H,8-9H2,1-3H3,(H2,20,21,22). The molecular formula is C19H22N2O4. The van der Waals surface area contributed by atoms with Gasteiger partial charge in [0, 0.05) is 12.1 Å². The molecule has 0 heterocycles. The second kappa shape index (κ2) is 7.34. The Bertz CT molecular complexity index is 751. The van der Waals surface area contributed by atoms with Gasteiger partial charge in [-0.2, -0.15) is 0 Å². The molecule has 0 saturated carbocycles. The maximum atomic E-state index is 12.4. The molecule has 1 unspecified atom stereocenters. The quantitative estimate of drug-likeness (QED) is 0.872. The van der Waals surface area contributed by atoms with Crippen LogP contribution in [-0.2, 0) is 6.42 Å². The monoisotopic (exact) mass is 342 g/mol. The fourth-order valence-electron chi connectivity index (χ4n) is 3.19. The van der Waals surface area contributed by atoms with Crippen molar-refractivity contribution in [2.45, 2.75) is 18.9 Å². The molecule has 1 atom stereocenters. The first kappa shape index (κ1) is 17.0. The van der Waals surface area contributed by atoms with E-state index >= 15 is 0 Å². The molecule has 0 bridgehead atoms. The van der Waals surface area contributed by atoms with Crippen molar-refractivity contribution in [1.29, 1.82) is 0 Å². The first-order valence-corrected chi connectivity index (χ1v) is 8.11. The second-order valence-corrected chi connectivity index (χ2v) is 5.80. The normalized spacial score (nSPS) is 15.2. The molecule has 3 rings (SSSR count). The number of benzene rings is 2. The number of carbonyl (C=O) groups is 1. The molecule has 0 fully saturated rings. The van der Waals surface area contributed by atoms with Gasteiger partial charge in [-0.1, -0.05) is 24.3 Å². The lowest BCUT2D eigenvalue weighted by Gasteiger charge is -2.17. The molecule has 2 aromatic rings. The van der Waals surface area contributed by atoms with Crippen molar-refractivity contribution in [3.8, 4) is 17.2 Å². The van der Waals surface area contributed by atoms with Crippen molar-refractivity contribution in [3.63, 3.8) is 0 Å². The van der Waals surface area contributed by atoms with E-state index in [0.717, 1.165) is 12.8 Å². The van der Waals surface area contributed by atoms with Gasteiger partial charge in [0.15, 0.2) is 11.5 Å². The van der Waals surface area contributed by atoms with Crippen LogP contribution in [0, 0.1) is 0 Å². The van der Waals surface area contributed by atoms with Crippen molar-refractivity contribution < 1.29 is 19.0 Å². The molecule has 2 N–H and O–H groups in total. The van der Waals surface area contributed by atoms with Crippen LogP contribution in [0.1, 0.15) is 23.6 Å². The first-order chi connectivity index (χ1) is 12.2. The Morgan fingerprint density at radius 1 is 1.04 bits per heavy atom. The predicted molar refractivity (Wildman–Crippen MR) is 95.8 cm³/mol. The maximum absolute atomic E-state index is 12.4. The van der Waals surface area contributed by atoms with E-state index in [9.17, 15) is 4.79 Å². The van der Waals surface area contributed by atoms with Crippen LogP contribution >= 0.6 is 0 Å². The molecule has 1 aliphatic carbocycles. The molecule has 2 aromatic carbocycles. The number of amides is 2. The summed E-state index contributed by atoms with van der Waals surface area (Å²) in [5.74, 6) is 1.47. The number of nitrogens with one attached hydrogen (secondary N) is 2. The summed E-state index contributed by atoms with van der Waals surface area (Å²) in [6.45, 7) is 0. The van der Waals surface area contributed by atoms with E-state index in [1.807, 2.05) is 12.1 Å². The lowest BCUT2D eigenvalue weighted by atomic mass is 10.1. The van der Waals surface area contributed by atoms with Crippen LogP contribution in [0.2, 0.25) is 0 Å². The zero-order valence-electron chi connectivity index (χ0n) is 14.6. The topological polar surface area (TPSA) is 68.8 Å². The van der Waals surface area contributed by atoms with Crippen molar-refractivity contribution in [1.82, 2.24) is 5.32 Å². The molecule has 0 aliphatic heterocycles. The maximum Gasteiger partial charge on any atom is 0.319 e. The van der Waals surface area contributed by atoms with Gasteiger partial charge in [0.25, 0.3) is 0 Å². The summed E-state index contributed by atoms with van der Waals surface area (Å²) in [5, 5.41) is 5.86. The summed E-state index contributed by atoms with van der Waals surface area (Å²) in [6, 6.07) is 11.3. The number of hydrogen-bond donors (Lipinski definition) is 2. The van der Waals surface area contributed by atoms with Crippen LogP contribution in [-0.4, -0.2) is 27.4 Å². The molecule has 1 aliphatic rings. The fraction of sp³-hybridized carbons (Fsp3) is 0.316. The van der Waals surface area contributed by atoms with Crippen LogP contribution < -0.4 is 24.8 Å². The second-order valence-electron chi connectivity index (χ2n) is 5.80. The van der Waals surface area contributed by atoms with Gasteiger partial charge in [0.2, 0.25) is 5.75 Å². The summed E-state index contributed by atoms with van der Waals surface area (Å²) < 4.78 is 15.9. The number of ether oxygens (including phenoxy) is 3. The zero-order chi connectivity index (χ0) is 17.8. The van der Waals surface area contributed by atoms with Gasteiger partial charge in [0.1, 0.15) is 0 Å². The summed E-state index contributed by atoms with van der Waals surface area (Å²) in [5.41, 5.74) is 3.04. The molecule has 6 nitrogen and oxygen atoms in total. The largest absolute Gasteiger partial charge is 0.493 e. The first-order valence-electron chi connectivity index (χ1n) is 8.11. The highest BCUT2D eigenvalue weighted by Gasteiger charge is 2.23. The Morgan fingerprint density at radius 2 is 1.72 bits per heavy atom. The molecule has 0 radical (unpaired) electrons. The van der Waals surface area contributed by atoms with Gasteiger partial charge < -0.3 is 24.8 Å². The molecule has 25 heavy (non-hydrogen) atoms. The smallest absolute Gasteiger partial charge is 0.319 e. The van der Waals surface area contributed by atoms with E-state index in [1.165, 1.54) is 32.5 Å². The van der Waals surface area contributed by atoms with E-state index in [-0.39, 0.29) is 12.1 Å². The molecule has 2 amide bonds. The SMILES string of the molecule is COc1cc(NC(=O)NC2CCc3ccccc32)cc(OC)c1OC. The Balaban J connectivity index is 1.73. The number of methoxy groups -OCH3 is 3. The van der Waals surface area contributed by atoms with Crippen LogP contribution in [0.25, 0.3) is 0 Å². The molecule has 0 saturated heterocycles. The number of rotatable bonds is 5. The Hall–Kier alpha value is -2.89. The summed E-state index contributed by atoms with van der Waals surface area (Å²) in [7, 11) is 4.62. The van der Waals surface area contributed by atoms with Crippen LogP contribution in [0.5, 0.6) is 17.2 Å². The molecule has 132 valence electrons. The van der Waals surface area contributed by atoms with E-state index in [1.54, 1.807) is 12.1 Å². The van der Waals surface area contributed by atoms with Gasteiger partial charge in [0.05, 0.1) is 33.1 Å². The third-order valence-electron chi connectivity index (χ3n) is 4.36. The van der Waals surface area contributed by atoms with Crippen molar-refractivity contribution >= 4 is 11.7 Å². The average Bonchev–Trinajstić information content (AvgIpc) is 3.03. The lowest BCUT2D eigenvalue weighted by molar-refractivity contribution is 0.248. The van der Waals surface area contributed by atoms with Gasteiger partial charge in [-0.05, 0) is 24.0 Å². The van der Waals surface area contributed by atoms with Crippen LogP contribution in [0.3, 0.4) is 0 Å². The van der Waals surface area contributed by atoms with Crippen molar-refractivity contribution in [2.24, 2.45) is 0 Å². The van der Waals surface area contributed by atoms with Crippen molar-refractivity contribution in [2.75, 3.05) is 26.6 Å². The number of urea groups is 1. The highest BCUT2D eigenvalue weighted by Crippen LogP contribution is 2.40. The van der Waals surface area contributed by atoms with Gasteiger partial charge in [-0.25, -0.2) is 4.79 Å². The van der Waals surface area contributed by atoms with Crippen LogP contribution in [0.15, 0.2) is 36.4 Å².